The number of carbonyl (C=O) groups excluding carboxylic acids is 1. The van der Waals surface area contributed by atoms with Crippen LogP contribution in [-0.2, 0) is 27.9 Å². The highest BCUT2D eigenvalue weighted by molar-refractivity contribution is 7.46. The smallest absolute Gasteiger partial charge is 0.319 e. The Morgan fingerprint density at radius 3 is 2.00 bits per heavy atom. The van der Waals surface area contributed by atoms with Crippen molar-refractivity contribution in [1.29, 1.82) is 0 Å². The first-order valence-corrected chi connectivity index (χ1v) is 16.5. The minimum Gasteiger partial charge on any atom is -0.746 e. The van der Waals surface area contributed by atoms with E-state index in [-0.39, 0.29) is 13.2 Å². The zero-order chi connectivity index (χ0) is 28.1. The zero-order valence-electron chi connectivity index (χ0n) is 24.8. The lowest BCUT2D eigenvalue weighted by Crippen LogP contribution is -2.42. The summed E-state index contributed by atoms with van der Waals surface area (Å²) in [7, 11) is -0.522. The van der Waals surface area contributed by atoms with Gasteiger partial charge in [0, 0.05) is 20.0 Å². The molecule has 224 valence electrons. The van der Waals surface area contributed by atoms with Crippen molar-refractivity contribution in [1.82, 2.24) is 0 Å². The highest BCUT2D eigenvalue weighted by Gasteiger charge is 2.27. The van der Waals surface area contributed by atoms with Gasteiger partial charge in [-0.05, 0) is 19.3 Å². The lowest BCUT2D eigenvalue weighted by atomic mass is 10.0. The third-order valence-corrected chi connectivity index (χ3v) is 8.02. The van der Waals surface area contributed by atoms with Gasteiger partial charge >= 0.3 is 13.8 Å². The molecule has 0 amide bonds. The normalized spacial score (nSPS) is 18.7. The maximum absolute atomic E-state index is 12.2. The second-order valence-corrected chi connectivity index (χ2v) is 12.6. The predicted molar refractivity (Wildman–Crippen MR) is 150 cm³/mol. The minimum atomic E-state index is -4.57. The van der Waals surface area contributed by atoms with Crippen LogP contribution in [0.1, 0.15) is 123 Å². The van der Waals surface area contributed by atoms with Gasteiger partial charge in [-0.1, -0.05) is 90.4 Å². The van der Waals surface area contributed by atoms with E-state index in [1.165, 1.54) is 90.2 Å². The van der Waals surface area contributed by atoms with Crippen LogP contribution in [0.3, 0.4) is 0 Å². The molecule has 2 atom stereocenters. The maximum atomic E-state index is 12.2. The molecule has 0 N–H and O–H groups in total. The molecule has 0 aromatic carbocycles. The number of nitrogens with zero attached hydrogens (tertiary/aromatic N) is 1. The number of unbranched alkanes of at least 4 members (excludes halogenated alkanes) is 13. The monoisotopic (exact) mass is 561 g/mol. The summed E-state index contributed by atoms with van der Waals surface area (Å²) in [4.78, 5) is 23.7. The number of phosphoric acid groups is 1. The quantitative estimate of drug-likeness (QED) is 0.0435. The molecule has 1 aliphatic rings. The Morgan fingerprint density at radius 1 is 0.921 bits per heavy atom. The molecule has 0 saturated carbocycles. The Labute approximate surface area is 232 Å². The molecule has 38 heavy (non-hydrogen) atoms. The molecule has 8 nitrogen and oxygen atoms in total. The molecule has 9 heteroatoms. The van der Waals surface area contributed by atoms with Crippen molar-refractivity contribution < 1.29 is 37.3 Å². The number of allylic oxidation sites excluding steroid dienone is 1. The van der Waals surface area contributed by atoms with E-state index < -0.39 is 19.9 Å². The van der Waals surface area contributed by atoms with Gasteiger partial charge in [-0.15, -0.1) is 0 Å². The van der Waals surface area contributed by atoms with E-state index in [0.717, 1.165) is 44.3 Å². The first kappa shape index (κ1) is 35.1. The van der Waals surface area contributed by atoms with E-state index in [1.54, 1.807) is 0 Å². The van der Waals surface area contributed by atoms with Crippen LogP contribution in [-0.4, -0.2) is 57.0 Å². The second kappa shape index (κ2) is 20.9. The van der Waals surface area contributed by atoms with E-state index in [1.807, 2.05) is 14.1 Å². The van der Waals surface area contributed by atoms with Crippen LogP contribution in [0.25, 0.3) is 0 Å². The van der Waals surface area contributed by atoms with E-state index >= 15 is 0 Å². The van der Waals surface area contributed by atoms with E-state index in [9.17, 15) is 14.3 Å². The summed E-state index contributed by atoms with van der Waals surface area (Å²) < 4.78 is 33.7. The fourth-order valence-electron chi connectivity index (χ4n) is 4.76. The zero-order valence-corrected chi connectivity index (χ0v) is 25.7. The molecular weight excluding hydrogens is 505 g/mol. The maximum Gasteiger partial charge on any atom is 0.319 e. The number of hydrogen-bond acceptors (Lipinski definition) is 7. The Kier molecular flexibility index (Phi) is 19.3. The van der Waals surface area contributed by atoms with E-state index in [2.05, 4.69) is 6.92 Å². The van der Waals surface area contributed by atoms with Gasteiger partial charge in [0.05, 0.1) is 33.9 Å². The third kappa shape index (κ3) is 18.4. The molecule has 0 radical (unpaired) electrons. The molecule has 1 heterocycles. The topological polar surface area (TPSA) is 94.1 Å². The van der Waals surface area contributed by atoms with Crippen LogP contribution in [0.2, 0.25) is 0 Å². The Morgan fingerprint density at radius 2 is 1.47 bits per heavy atom. The van der Waals surface area contributed by atoms with Gasteiger partial charge in [-0.2, -0.15) is 0 Å². The van der Waals surface area contributed by atoms with E-state index in [4.69, 9.17) is 18.5 Å². The Bertz CT molecular complexity index is 698. The standard InChI is InChI=1S/C29H56NO7P/c1-5-6-7-8-9-10-11-12-13-14-15-16-17-20-23-34-25-29(37-27(2)31)26-36-38(32,33)35-24-28-21-18-19-22-30(28,3)4/h24,29H,5-23,25-26H2,1-4H3. The number of likely N-dealkylation sites (tertiary alicyclic amines) is 1. The predicted octanol–water partition coefficient (Wildman–Crippen LogP) is 7.02. The van der Waals surface area contributed by atoms with Crippen LogP contribution < -0.4 is 4.89 Å². The fourth-order valence-corrected chi connectivity index (χ4v) is 5.42. The average molecular weight is 562 g/mol. The van der Waals surface area contributed by atoms with Crippen molar-refractivity contribution in [2.45, 2.75) is 129 Å². The summed E-state index contributed by atoms with van der Waals surface area (Å²) in [5.41, 5.74) is 0.906. The molecule has 0 aliphatic carbocycles. The van der Waals surface area contributed by atoms with Gasteiger partial charge in [0.15, 0.2) is 0 Å². The molecule has 2 unspecified atom stereocenters. The summed E-state index contributed by atoms with van der Waals surface area (Å²) in [6.45, 7) is 4.77. The molecule has 1 rings (SSSR count). The number of quaternary nitrogens is 1. The highest BCUT2D eigenvalue weighted by Crippen LogP contribution is 2.40. The molecule has 1 fully saturated rings. The lowest BCUT2D eigenvalue weighted by molar-refractivity contribution is -0.858. The first-order valence-electron chi connectivity index (χ1n) is 15.1. The number of carbonyl (C=O) groups is 1. The molecule has 1 saturated heterocycles. The lowest BCUT2D eigenvalue weighted by Gasteiger charge is -2.35. The Hall–Kier alpha value is -0.920. The number of piperidine rings is 1. The van der Waals surface area contributed by atoms with Crippen LogP contribution in [0.4, 0.5) is 0 Å². The summed E-state index contributed by atoms with van der Waals surface area (Å²) in [6, 6.07) is 0. The number of rotatable bonds is 23. The Balaban J connectivity index is 2.13. The summed E-state index contributed by atoms with van der Waals surface area (Å²) >= 11 is 0. The van der Waals surface area contributed by atoms with Gasteiger partial charge in [0.1, 0.15) is 18.1 Å². The summed E-state index contributed by atoms with van der Waals surface area (Å²) in [5, 5.41) is 0. The third-order valence-electron chi connectivity index (χ3n) is 7.19. The largest absolute Gasteiger partial charge is 0.746 e. The molecule has 0 spiro atoms. The van der Waals surface area contributed by atoms with Gasteiger partial charge < -0.3 is 23.4 Å². The fraction of sp³-hybridized carbons (Fsp3) is 0.897. The number of hydrogen-bond donors (Lipinski definition) is 0. The summed E-state index contributed by atoms with van der Waals surface area (Å²) in [5.74, 6) is -0.510. The van der Waals surface area contributed by atoms with Crippen molar-refractivity contribution in [2.75, 3.05) is 40.5 Å². The molecule has 0 aromatic rings. The van der Waals surface area contributed by atoms with Crippen LogP contribution in [0, 0.1) is 0 Å². The van der Waals surface area contributed by atoms with Crippen molar-refractivity contribution in [3.63, 3.8) is 0 Å². The summed E-state index contributed by atoms with van der Waals surface area (Å²) in [6.07, 6.45) is 21.5. The van der Waals surface area contributed by atoms with Gasteiger partial charge in [0.2, 0.25) is 0 Å². The second-order valence-electron chi connectivity index (χ2n) is 11.2. The molecule has 0 aromatic heterocycles. The van der Waals surface area contributed by atoms with Crippen molar-refractivity contribution in [2.24, 2.45) is 0 Å². The molecule has 1 aliphatic heterocycles. The molecule has 0 bridgehead atoms. The minimum absolute atomic E-state index is 0.0863. The van der Waals surface area contributed by atoms with Crippen molar-refractivity contribution in [3.05, 3.63) is 12.0 Å². The van der Waals surface area contributed by atoms with Crippen LogP contribution >= 0.6 is 7.82 Å². The van der Waals surface area contributed by atoms with Crippen molar-refractivity contribution in [3.8, 4) is 0 Å². The number of esters is 1. The number of phosphoric ester groups is 1. The number of ether oxygens (including phenoxy) is 2. The van der Waals surface area contributed by atoms with Crippen LogP contribution in [0.15, 0.2) is 12.0 Å². The first-order chi connectivity index (χ1) is 18.2. The SMILES string of the molecule is CCCCCCCCCCCCCCCCOCC(COP(=O)([O-])OC=C1CCCC[N+]1(C)C)OC(C)=O. The van der Waals surface area contributed by atoms with E-state index in [0.29, 0.717) is 11.1 Å². The average Bonchev–Trinajstić information content (AvgIpc) is 2.85. The van der Waals surface area contributed by atoms with Crippen molar-refractivity contribution >= 4 is 13.8 Å². The van der Waals surface area contributed by atoms with Gasteiger partial charge in [-0.3, -0.25) is 13.8 Å². The van der Waals surface area contributed by atoms with Gasteiger partial charge in [0.25, 0.3) is 0 Å². The van der Waals surface area contributed by atoms with Crippen LogP contribution in [0.5, 0.6) is 0 Å². The van der Waals surface area contributed by atoms with Gasteiger partial charge in [-0.25, -0.2) is 0 Å². The highest BCUT2D eigenvalue weighted by atomic mass is 31.2. The molecular formula is C29H56NO7P.